The van der Waals surface area contributed by atoms with Crippen molar-refractivity contribution in [3.8, 4) is 0 Å². The topological polar surface area (TPSA) is 74.2 Å². The predicted molar refractivity (Wildman–Crippen MR) is 60.6 cm³/mol. The number of hydrogen-bond donors (Lipinski definition) is 1. The Hall–Kier alpha value is -0.940. The standard InChI is InChI=1S/C11H21N3O2/c1-4-5-15-7-10-13-11(16-14-10)9(12)6-8(2)3/h8-9H,4-7,12H2,1-3H3. The lowest BCUT2D eigenvalue weighted by molar-refractivity contribution is 0.114. The van der Waals surface area contributed by atoms with Crippen molar-refractivity contribution in [3.05, 3.63) is 11.7 Å². The smallest absolute Gasteiger partial charge is 0.243 e. The molecule has 0 saturated carbocycles. The van der Waals surface area contributed by atoms with E-state index in [1.165, 1.54) is 0 Å². The fourth-order valence-corrected chi connectivity index (χ4v) is 1.39. The first-order chi connectivity index (χ1) is 7.63. The first-order valence-electron chi connectivity index (χ1n) is 5.79. The van der Waals surface area contributed by atoms with Crippen molar-refractivity contribution in [1.29, 1.82) is 0 Å². The lowest BCUT2D eigenvalue weighted by Crippen LogP contribution is -2.13. The van der Waals surface area contributed by atoms with Crippen molar-refractivity contribution in [2.24, 2.45) is 11.7 Å². The van der Waals surface area contributed by atoms with Gasteiger partial charge in [0.15, 0.2) is 5.82 Å². The van der Waals surface area contributed by atoms with Crippen LogP contribution in [0.3, 0.4) is 0 Å². The first-order valence-corrected chi connectivity index (χ1v) is 5.79. The van der Waals surface area contributed by atoms with E-state index < -0.39 is 0 Å². The Kier molecular flexibility index (Phi) is 5.42. The molecule has 0 bridgehead atoms. The molecular formula is C11H21N3O2. The van der Waals surface area contributed by atoms with Crippen molar-refractivity contribution in [2.45, 2.75) is 46.3 Å². The van der Waals surface area contributed by atoms with Crippen molar-refractivity contribution in [2.75, 3.05) is 6.61 Å². The van der Waals surface area contributed by atoms with Crippen LogP contribution in [0, 0.1) is 5.92 Å². The molecule has 1 aromatic heterocycles. The molecule has 1 heterocycles. The number of nitrogens with two attached hydrogens (primary N) is 1. The van der Waals surface area contributed by atoms with E-state index in [9.17, 15) is 0 Å². The van der Waals surface area contributed by atoms with Gasteiger partial charge in [0.1, 0.15) is 6.61 Å². The number of rotatable bonds is 7. The van der Waals surface area contributed by atoms with E-state index in [-0.39, 0.29) is 6.04 Å². The highest BCUT2D eigenvalue weighted by atomic mass is 16.5. The van der Waals surface area contributed by atoms with Crippen LogP contribution in [0.1, 0.15) is 51.4 Å². The maximum Gasteiger partial charge on any atom is 0.243 e. The van der Waals surface area contributed by atoms with Crippen LogP contribution >= 0.6 is 0 Å². The van der Waals surface area contributed by atoms with Gasteiger partial charge in [-0.2, -0.15) is 4.98 Å². The molecule has 0 spiro atoms. The highest BCUT2D eigenvalue weighted by Gasteiger charge is 2.15. The Morgan fingerprint density at radius 2 is 2.19 bits per heavy atom. The summed E-state index contributed by atoms with van der Waals surface area (Å²) in [7, 11) is 0. The molecule has 0 saturated heterocycles. The summed E-state index contributed by atoms with van der Waals surface area (Å²) >= 11 is 0. The lowest BCUT2D eigenvalue weighted by Gasteiger charge is -2.08. The molecule has 1 aromatic rings. The van der Waals surface area contributed by atoms with Gasteiger partial charge in [-0.05, 0) is 18.8 Å². The number of nitrogens with zero attached hydrogens (tertiary/aromatic N) is 2. The van der Waals surface area contributed by atoms with Crippen molar-refractivity contribution < 1.29 is 9.26 Å². The number of hydrogen-bond acceptors (Lipinski definition) is 5. The van der Waals surface area contributed by atoms with Gasteiger partial charge in [-0.3, -0.25) is 0 Å². The zero-order chi connectivity index (χ0) is 12.0. The minimum absolute atomic E-state index is 0.174. The number of ether oxygens (including phenoxy) is 1. The van der Waals surface area contributed by atoms with Crippen molar-refractivity contribution >= 4 is 0 Å². The molecule has 1 rings (SSSR count). The van der Waals surface area contributed by atoms with Crippen LogP contribution in [0.2, 0.25) is 0 Å². The zero-order valence-electron chi connectivity index (χ0n) is 10.3. The Balaban J connectivity index is 2.44. The molecule has 5 heteroatoms. The summed E-state index contributed by atoms with van der Waals surface area (Å²) in [5.41, 5.74) is 5.93. The molecule has 1 unspecified atom stereocenters. The Bertz CT molecular complexity index is 299. The highest BCUT2D eigenvalue weighted by Crippen LogP contribution is 2.16. The molecule has 0 aliphatic rings. The maximum absolute atomic E-state index is 5.93. The van der Waals surface area contributed by atoms with Crippen molar-refractivity contribution in [3.63, 3.8) is 0 Å². The van der Waals surface area contributed by atoms with E-state index in [2.05, 4.69) is 30.9 Å². The molecule has 0 aliphatic carbocycles. The Morgan fingerprint density at radius 1 is 1.44 bits per heavy atom. The van der Waals surface area contributed by atoms with E-state index in [1.807, 2.05) is 0 Å². The minimum Gasteiger partial charge on any atom is -0.373 e. The minimum atomic E-state index is -0.174. The van der Waals surface area contributed by atoms with E-state index >= 15 is 0 Å². The monoisotopic (exact) mass is 227 g/mol. The molecule has 0 aliphatic heterocycles. The lowest BCUT2D eigenvalue weighted by atomic mass is 10.0. The number of aromatic nitrogens is 2. The van der Waals surface area contributed by atoms with Crippen LogP contribution in [0.5, 0.6) is 0 Å². The third kappa shape index (κ3) is 4.28. The summed E-state index contributed by atoms with van der Waals surface area (Å²) in [6, 6.07) is -0.174. The fraction of sp³-hybridized carbons (Fsp3) is 0.818. The molecule has 92 valence electrons. The molecule has 16 heavy (non-hydrogen) atoms. The highest BCUT2D eigenvalue weighted by molar-refractivity contribution is 4.91. The van der Waals surface area contributed by atoms with Gasteiger partial charge in [0.2, 0.25) is 5.89 Å². The van der Waals surface area contributed by atoms with Crippen LogP contribution in [0.4, 0.5) is 0 Å². The van der Waals surface area contributed by atoms with Gasteiger partial charge < -0.3 is 15.0 Å². The van der Waals surface area contributed by atoms with Crippen LogP contribution < -0.4 is 5.73 Å². The molecule has 5 nitrogen and oxygen atoms in total. The summed E-state index contributed by atoms with van der Waals surface area (Å²) in [6.45, 7) is 7.39. The molecule has 0 fully saturated rings. The molecule has 0 radical (unpaired) electrons. The molecule has 2 N–H and O–H groups in total. The van der Waals surface area contributed by atoms with Gasteiger partial charge in [-0.25, -0.2) is 0 Å². The van der Waals surface area contributed by atoms with Crippen LogP contribution in [-0.2, 0) is 11.3 Å². The van der Waals surface area contributed by atoms with Crippen molar-refractivity contribution in [1.82, 2.24) is 10.1 Å². The Morgan fingerprint density at radius 3 is 2.81 bits per heavy atom. The van der Waals surface area contributed by atoms with Crippen LogP contribution in [0.15, 0.2) is 4.52 Å². The molecule has 0 amide bonds. The second kappa shape index (κ2) is 6.60. The van der Waals surface area contributed by atoms with Crippen LogP contribution in [-0.4, -0.2) is 16.7 Å². The molecule has 1 atom stereocenters. The van der Waals surface area contributed by atoms with Gasteiger partial charge in [-0.15, -0.1) is 0 Å². The third-order valence-electron chi connectivity index (χ3n) is 2.11. The van der Waals surface area contributed by atoms with E-state index in [0.29, 0.717) is 30.8 Å². The van der Waals surface area contributed by atoms with Gasteiger partial charge in [0.05, 0.1) is 6.04 Å². The molecular weight excluding hydrogens is 206 g/mol. The summed E-state index contributed by atoms with van der Waals surface area (Å²) in [6.07, 6.45) is 1.83. The van der Waals surface area contributed by atoms with E-state index in [0.717, 1.165) is 12.8 Å². The predicted octanol–water partition coefficient (Wildman–Crippen LogP) is 2.04. The summed E-state index contributed by atoms with van der Waals surface area (Å²) in [4.78, 5) is 4.21. The summed E-state index contributed by atoms with van der Waals surface area (Å²) in [5, 5.41) is 3.83. The average Bonchev–Trinajstić information content (AvgIpc) is 2.66. The molecule has 0 aromatic carbocycles. The fourth-order valence-electron chi connectivity index (χ4n) is 1.39. The van der Waals surface area contributed by atoms with Gasteiger partial charge in [0, 0.05) is 6.61 Å². The Labute approximate surface area is 96.4 Å². The second-order valence-corrected chi connectivity index (χ2v) is 4.34. The zero-order valence-corrected chi connectivity index (χ0v) is 10.3. The van der Waals surface area contributed by atoms with E-state index in [4.69, 9.17) is 15.0 Å². The van der Waals surface area contributed by atoms with Crippen LogP contribution in [0.25, 0.3) is 0 Å². The van der Waals surface area contributed by atoms with Gasteiger partial charge in [-0.1, -0.05) is 25.9 Å². The summed E-state index contributed by atoms with van der Waals surface area (Å²) < 4.78 is 10.4. The largest absolute Gasteiger partial charge is 0.373 e. The quantitative estimate of drug-likeness (QED) is 0.721. The summed E-state index contributed by atoms with van der Waals surface area (Å²) in [5.74, 6) is 1.59. The first kappa shape index (κ1) is 13.1. The van der Waals surface area contributed by atoms with Gasteiger partial charge >= 0.3 is 0 Å². The average molecular weight is 227 g/mol. The van der Waals surface area contributed by atoms with Gasteiger partial charge in [0.25, 0.3) is 0 Å². The maximum atomic E-state index is 5.93. The SMILES string of the molecule is CCCOCc1noc(C(N)CC(C)C)n1. The third-order valence-corrected chi connectivity index (χ3v) is 2.11. The van der Waals surface area contributed by atoms with E-state index in [1.54, 1.807) is 0 Å². The normalized spacial score (nSPS) is 13.3. The second-order valence-electron chi connectivity index (χ2n) is 4.34.